The van der Waals surface area contributed by atoms with Crippen LogP contribution in [0.25, 0.3) is 0 Å². The summed E-state index contributed by atoms with van der Waals surface area (Å²) in [6, 6.07) is 8.39. The number of benzene rings is 1. The van der Waals surface area contributed by atoms with Gasteiger partial charge in [0.1, 0.15) is 0 Å². The Kier molecular flexibility index (Phi) is 5.75. The molecule has 1 aromatic carbocycles. The number of aliphatic carboxylic acids is 1. The molecular formula is C16H20N2O2S. The standard InChI is InChI=1S/C16H20N2O2S/c1-2-3-4-12-5-7-13(8-6-12)17-16-18-14(11-21-16)9-10-15(19)20/h5-8,11H,2-4,9-10H2,1H3,(H,17,18)(H,19,20). The molecule has 0 saturated heterocycles. The molecule has 0 aliphatic heterocycles. The summed E-state index contributed by atoms with van der Waals surface area (Å²) < 4.78 is 0. The van der Waals surface area contributed by atoms with Crippen LogP contribution in [-0.2, 0) is 17.6 Å². The molecule has 0 spiro atoms. The summed E-state index contributed by atoms with van der Waals surface area (Å²) in [5, 5.41) is 14.6. The van der Waals surface area contributed by atoms with E-state index >= 15 is 0 Å². The quantitative estimate of drug-likeness (QED) is 0.765. The number of thiazole rings is 1. The van der Waals surface area contributed by atoms with E-state index in [1.54, 1.807) is 0 Å². The second-order valence-corrected chi connectivity index (χ2v) is 5.82. The van der Waals surface area contributed by atoms with Gasteiger partial charge in [0, 0.05) is 17.5 Å². The first-order valence-electron chi connectivity index (χ1n) is 7.19. The van der Waals surface area contributed by atoms with Crippen molar-refractivity contribution in [3.63, 3.8) is 0 Å². The van der Waals surface area contributed by atoms with Crippen LogP contribution >= 0.6 is 11.3 Å². The number of carboxylic acids is 1. The van der Waals surface area contributed by atoms with Crippen molar-refractivity contribution in [2.45, 2.75) is 39.0 Å². The van der Waals surface area contributed by atoms with Crippen molar-refractivity contribution >= 4 is 28.1 Å². The molecule has 21 heavy (non-hydrogen) atoms. The zero-order valence-electron chi connectivity index (χ0n) is 12.1. The number of anilines is 2. The fourth-order valence-corrected chi connectivity index (χ4v) is 2.74. The van der Waals surface area contributed by atoms with E-state index in [2.05, 4.69) is 41.5 Å². The van der Waals surface area contributed by atoms with Crippen molar-refractivity contribution in [1.82, 2.24) is 4.98 Å². The topological polar surface area (TPSA) is 62.2 Å². The van der Waals surface area contributed by atoms with Crippen molar-refractivity contribution in [2.24, 2.45) is 0 Å². The summed E-state index contributed by atoms with van der Waals surface area (Å²) in [6.07, 6.45) is 4.14. The van der Waals surface area contributed by atoms with Gasteiger partial charge in [-0.15, -0.1) is 11.3 Å². The minimum Gasteiger partial charge on any atom is -0.481 e. The first kappa shape index (κ1) is 15.5. The molecule has 1 aromatic heterocycles. The van der Waals surface area contributed by atoms with Crippen molar-refractivity contribution in [3.8, 4) is 0 Å². The Morgan fingerprint density at radius 1 is 1.29 bits per heavy atom. The lowest BCUT2D eigenvalue weighted by Gasteiger charge is -2.04. The highest BCUT2D eigenvalue weighted by molar-refractivity contribution is 7.13. The van der Waals surface area contributed by atoms with E-state index < -0.39 is 5.97 Å². The number of aryl methyl sites for hydroxylation is 2. The fourth-order valence-electron chi connectivity index (χ4n) is 1.97. The van der Waals surface area contributed by atoms with Crippen molar-refractivity contribution in [1.29, 1.82) is 0 Å². The van der Waals surface area contributed by atoms with Gasteiger partial charge in [-0.1, -0.05) is 25.5 Å². The van der Waals surface area contributed by atoms with Gasteiger partial charge in [0.05, 0.1) is 12.1 Å². The average Bonchev–Trinajstić information content (AvgIpc) is 2.92. The van der Waals surface area contributed by atoms with Crippen LogP contribution in [0.4, 0.5) is 10.8 Å². The van der Waals surface area contributed by atoms with Gasteiger partial charge in [-0.25, -0.2) is 4.98 Å². The number of nitrogens with one attached hydrogen (secondary N) is 1. The van der Waals surface area contributed by atoms with Crippen LogP contribution in [0.1, 0.15) is 37.4 Å². The molecule has 2 N–H and O–H groups in total. The van der Waals surface area contributed by atoms with E-state index in [4.69, 9.17) is 5.11 Å². The predicted molar refractivity (Wildman–Crippen MR) is 86.4 cm³/mol. The number of nitrogens with zero attached hydrogens (tertiary/aromatic N) is 1. The minimum atomic E-state index is -0.792. The van der Waals surface area contributed by atoms with Gasteiger partial charge in [-0.05, 0) is 30.5 Å². The molecule has 2 aromatic rings. The summed E-state index contributed by atoms with van der Waals surface area (Å²) in [5.74, 6) is -0.792. The van der Waals surface area contributed by atoms with Crippen LogP contribution in [0, 0.1) is 0 Å². The highest BCUT2D eigenvalue weighted by Gasteiger charge is 2.05. The Morgan fingerprint density at radius 2 is 2.05 bits per heavy atom. The number of rotatable bonds is 8. The molecule has 1 heterocycles. The van der Waals surface area contributed by atoms with Crippen molar-refractivity contribution in [3.05, 3.63) is 40.9 Å². The first-order chi connectivity index (χ1) is 10.2. The maximum Gasteiger partial charge on any atom is 0.303 e. The van der Waals surface area contributed by atoms with E-state index in [0.717, 1.165) is 22.9 Å². The molecule has 0 unspecified atom stereocenters. The smallest absolute Gasteiger partial charge is 0.303 e. The largest absolute Gasteiger partial charge is 0.481 e. The van der Waals surface area contributed by atoms with Gasteiger partial charge in [0.25, 0.3) is 0 Å². The molecule has 0 atom stereocenters. The molecule has 2 rings (SSSR count). The second kappa shape index (κ2) is 7.78. The average molecular weight is 304 g/mol. The monoisotopic (exact) mass is 304 g/mol. The summed E-state index contributed by atoms with van der Waals surface area (Å²) in [7, 11) is 0. The lowest BCUT2D eigenvalue weighted by Crippen LogP contribution is -1.98. The molecule has 0 amide bonds. The van der Waals surface area contributed by atoms with E-state index in [1.807, 2.05) is 5.38 Å². The van der Waals surface area contributed by atoms with E-state index in [0.29, 0.717) is 6.42 Å². The molecule has 0 fully saturated rings. The number of carboxylic acid groups (broad SMARTS) is 1. The Hall–Kier alpha value is -1.88. The fraction of sp³-hybridized carbons (Fsp3) is 0.375. The van der Waals surface area contributed by atoms with Gasteiger partial charge >= 0.3 is 5.97 Å². The van der Waals surface area contributed by atoms with Crippen LogP contribution in [0.3, 0.4) is 0 Å². The maximum atomic E-state index is 10.5. The van der Waals surface area contributed by atoms with Crippen molar-refractivity contribution in [2.75, 3.05) is 5.32 Å². The van der Waals surface area contributed by atoms with Crippen LogP contribution < -0.4 is 5.32 Å². The highest BCUT2D eigenvalue weighted by atomic mass is 32.1. The Bertz CT molecular complexity index is 578. The number of hydrogen-bond donors (Lipinski definition) is 2. The van der Waals surface area contributed by atoms with Crippen LogP contribution in [0.15, 0.2) is 29.6 Å². The number of unbranched alkanes of at least 4 members (excludes halogenated alkanes) is 1. The zero-order valence-corrected chi connectivity index (χ0v) is 12.9. The summed E-state index contributed by atoms with van der Waals surface area (Å²) in [4.78, 5) is 14.9. The molecule has 0 saturated carbocycles. The first-order valence-corrected chi connectivity index (χ1v) is 8.07. The molecule has 0 radical (unpaired) electrons. The molecule has 112 valence electrons. The van der Waals surface area contributed by atoms with Crippen molar-refractivity contribution < 1.29 is 9.90 Å². The maximum absolute atomic E-state index is 10.5. The number of carbonyl (C=O) groups is 1. The normalized spacial score (nSPS) is 10.5. The lowest BCUT2D eigenvalue weighted by atomic mass is 10.1. The molecular weight excluding hydrogens is 284 g/mol. The third-order valence-electron chi connectivity index (χ3n) is 3.17. The van der Waals surface area contributed by atoms with E-state index in [1.165, 1.54) is 29.7 Å². The van der Waals surface area contributed by atoms with Crippen LogP contribution in [-0.4, -0.2) is 16.1 Å². The van der Waals surface area contributed by atoms with Gasteiger partial charge < -0.3 is 10.4 Å². The summed E-state index contributed by atoms with van der Waals surface area (Å²) in [6.45, 7) is 2.19. The predicted octanol–water partition coefficient (Wildman–Crippen LogP) is 4.25. The van der Waals surface area contributed by atoms with Gasteiger partial charge in [-0.3, -0.25) is 4.79 Å². The highest BCUT2D eigenvalue weighted by Crippen LogP contribution is 2.22. The SMILES string of the molecule is CCCCc1ccc(Nc2nc(CCC(=O)O)cs2)cc1. The molecule has 0 aliphatic carbocycles. The van der Waals surface area contributed by atoms with Gasteiger partial charge in [0.15, 0.2) is 5.13 Å². The number of aromatic nitrogens is 1. The van der Waals surface area contributed by atoms with Crippen LogP contribution in [0.2, 0.25) is 0 Å². The van der Waals surface area contributed by atoms with Gasteiger partial charge in [-0.2, -0.15) is 0 Å². The zero-order chi connectivity index (χ0) is 15.1. The Labute approximate surface area is 128 Å². The third kappa shape index (κ3) is 5.19. The second-order valence-electron chi connectivity index (χ2n) is 4.96. The molecule has 0 aliphatic rings. The van der Waals surface area contributed by atoms with E-state index in [-0.39, 0.29) is 6.42 Å². The Balaban J connectivity index is 1.90. The lowest BCUT2D eigenvalue weighted by molar-refractivity contribution is -0.136. The number of hydrogen-bond acceptors (Lipinski definition) is 4. The molecule has 0 bridgehead atoms. The minimum absolute atomic E-state index is 0.120. The van der Waals surface area contributed by atoms with Crippen LogP contribution in [0.5, 0.6) is 0 Å². The van der Waals surface area contributed by atoms with Gasteiger partial charge in [0.2, 0.25) is 0 Å². The molecule has 4 nitrogen and oxygen atoms in total. The summed E-state index contributed by atoms with van der Waals surface area (Å²) in [5.41, 5.74) is 3.18. The van der Waals surface area contributed by atoms with E-state index in [9.17, 15) is 4.79 Å². The molecule has 5 heteroatoms. The summed E-state index contributed by atoms with van der Waals surface area (Å²) >= 11 is 1.50. The Morgan fingerprint density at radius 3 is 2.71 bits per heavy atom. The third-order valence-corrected chi connectivity index (χ3v) is 3.98.